The molecule has 0 spiro atoms. The third kappa shape index (κ3) is 2.90. The molecule has 1 amide bonds. The second-order valence-electron chi connectivity index (χ2n) is 5.96. The lowest BCUT2D eigenvalue weighted by Gasteiger charge is -2.19. The van der Waals surface area contributed by atoms with Crippen molar-refractivity contribution in [1.82, 2.24) is 4.98 Å². The van der Waals surface area contributed by atoms with E-state index in [0.29, 0.717) is 5.82 Å². The molecule has 1 aromatic heterocycles. The quantitative estimate of drug-likeness (QED) is 0.765. The number of benzene rings is 2. The number of carbonyl (C=O) groups excluding carboxylic acids is 1. The Bertz CT molecular complexity index is 970. The largest absolute Gasteiger partial charge is 0.326 e. The average Bonchev–Trinajstić information content (AvgIpc) is 3.09. The summed E-state index contributed by atoms with van der Waals surface area (Å²) in [6, 6.07) is 16.4. The van der Waals surface area contributed by atoms with Gasteiger partial charge in [-0.05, 0) is 42.3 Å². The number of rotatable bonds is 3. The number of fused-ring (bicyclic) bond motifs is 1. The van der Waals surface area contributed by atoms with Crippen molar-refractivity contribution < 1.29 is 13.6 Å². The summed E-state index contributed by atoms with van der Waals surface area (Å²) >= 11 is 0. The number of carbonyl (C=O) groups is 1. The van der Waals surface area contributed by atoms with Gasteiger partial charge in [0, 0.05) is 12.2 Å². The molecular weight excluding hydrogens is 336 g/mol. The maximum Gasteiger partial charge on any atom is 0.274 e. The molecule has 6 heteroatoms. The number of nitrogens with one attached hydrogen (secondary N) is 1. The number of pyridine rings is 1. The van der Waals surface area contributed by atoms with E-state index >= 15 is 0 Å². The van der Waals surface area contributed by atoms with Crippen LogP contribution in [0.5, 0.6) is 0 Å². The van der Waals surface area contributed by atoms with Crippen molar-refractivity contribution in [2.75, 3.05) is 16.8 Å². The number of halogens is 2. The lowest BCUT2D eigenvalue weighted by molar-refractivity contribution is 0.102. The monoisotopic (exact) mass is 351 g/mol. The van der Waals surface area contributed by atoms with Gasteiger partial charge < -0.3 is 10.2 Å². The van der Waals surface area contributed by atoms with Gasteiger partial charge in [0.25, 0.3) is 5.91 Å². The Balaban J connectivity index is 1.61. The summed E-state index contributed by atoms with van der Waals surface area (Å²) in [5.41, 5.74) is 1.89. The number of amides is 1. The molecule has 0 saturated heterocycles. The fourth-order valence-electron chi connectivity index (χ4n) is 3.07. The first kappa shape index (κ1) is 16.2. The molecule has 0 atom stereocenters. The number of para-hydroxylation sites is 2. The first-order valence-corrected chi connectivity index (χ1v) is 8.21. The highest BCUT2D eigenvalue weighted by Crippen LogP contribution is 2.33. The van der Waals surface area contributed by atoms with E-state index in [0.717, 1.165) is 30.8 Å². The smallest absolute Gasteiger partial charge is 0.274 e. The molecular formula is C20H15F2N3O. The van der Waals surface area contributed by atoms with Crippen molar-refractivity contribution >= 4 is 23.1 Å². The zero-order valence-electron chi connectivity index (χ0n) is 13.7. The average molecular weight is 351 g/mol. The van der Waals surface area contributed by atoms with Crippen molar-refractivity contribution in [3.63, 3.8) is 0 Å². The van der Waals surface area contributed by atoms with Crippen LogP contribution in [0, 0.1) is 11.6 Å². The van der Waals surface area contributed by atoms with Crippen LogP contribution in [0.1, 0.15) is 16.1 Å². The van der Waals surface area contributed by atoms with Crippen LogP contribution < -0.4 is 10.2 Å². The van der Waals surface area contributed by atoms with Crippen LogP contribution in [0.2, 0.25) is 0 Å². The summed E-state index contributed by atoms with van der Waals surface area (Å²) in [5, 5.41) is 2.26. The molecule has 3 aromatic rings. The first-order valence-electron chi connectivity index (χ1n) is 8.21. The zero-order valence-corrected chi connectivity index (χ0v) is 13.7. The number of hydrogen-bond donors (Lipinski definition) is 1. The van der Waals surface area contributed by atoms with Gasteiger partial charge in [-0.3, -0.25) is 4.79 Å². The lowest BCUT2D eigenvalue weighted by Crippen LogP contribution is -2.19. The molecule has 4 rings (SSSR count). The Hall–Kier alpha value is -3.28. The maximum atomic E-state index is 13.7. The van der Waals surface area contributed by atoms with Crippen LogP contribution in [0.3, 0.4) is 0 Å². The normalized spacial score (nSPS) is 12.8. The van der Waals surface area contributed by atoms with Crippen LogP contribution in [0.15, 0.2) is 60.7 Å². The SMILES string of the molecule is O=C(Nc1c(F)cccc1F)c1cccc(N2CCc3ccccc32)n1. The van der Waals surface area contributed by atoms with E-state index in [1.54, 1.807) is 6.07 Å². The minimum absolute atomic E-state index is 0.0922. The molecule has 130 valence electrons. The van der Waals surface area contributed by atoms with Crippen LogP contribution >= 0.6 is 0 Å². The molecule has 1 N–H and O–H groups in total. The standard InChI is InChI=1S/C20H15F2N3O/c21-14-6-3-7-15(22)19(14)24-20(26)16-8-4-10-18(23-16)25-12-11-13-5-1-2-9-17(13)25/h1-10H,11-12H2,(H,24,26). The van der Waals surface area contributed by atoms with E-state index in [-0.39, 0.29) is 5.69 Å². The molecule has 26 heavy (non-hydrogen) atoms. The number of nitrogens with zero attached hydrogens (tertiary/aromatic N) is 2. The van der Waals surface area contributed by atoms with E-state index < -0.39 is 23.2 Å². The Labute approximate surface area is 149 Å². The van der Waals surface area contributed by atoms with E-state index in [1.807, 2.05) is 29.2 Å². The Morgan fingerprint density at radius 2 is 1.69 bits per heavy atom. The lowest BCUT2D eigenvalue weighted by atomic mass is 10.2. The molecule has 0 bridgehead atoms. The number of aromatic nitrogens is 1. The second kappa shape index (κ2) is 6.55. The fourth-order valence-corrected chi connectivity index (χ4v) is 3.07. The topological polar surface area (TPSA) is 45.2 Å². The fraction of sp³-hybridized carbons (Fsp3) is 0.100. The molecule has 4 nitrogen and oxygen atoms in total. The summed E-state index contributed by atoms with van der Waals surface area (Å²) < 4.78 is 27.5. The summed E-state index contributed by atoms with van der Waals surface area (Å²) in [5.74, 6) is -1.70. The van der Waals surface area contributed by atoms with Gasteiger partial charge in [0.1, 0.15) is 28.8 Å². The van der Waals surface area contributed by atoms with Crippen LogP contribution in [-0.2, 0) is 6.42 Å². The van der Waals surface area contributed by atoms with Gasteiger partial charge >= 0.3 is 0 Å². The third-order valence-electron chi connectivity index (χ3n) is 4.33. The van der Waals surface area contributed by atoms with Gasteiger partial charge in [-0.1, -0.05) is 30.3 Å². The molecule has 0 aliphatic carbocycles. The van der Waals surface area contributed by atoms with Crippen molar-refractivity contribution in [3.05, 3.63) is 83.6 Å². The predicted molar refractivity (Wildman–Crippen MR) is 95.7 cm³/mol. The first-order chi connectivity index (χ1) is 12.6. The van der Waals surface area contributed by atoms with Gasteiger partial charge in [0.2, 0.25) is 0 Å². The van der Waals surface area contributed by atoms with Gasteiger partial charge in [0.05, 0.1) is 0 Å². The molecule has 0 radical (unpaired) electrons. The molecule has 1 aliphatic heterocycles. The van der Waals surface area contributed by atoms with Gasteiger partial charge in [0.15, 0.2) is 0 Å². The zero-order chi connectivity index (χ0) is 18.1. The van der Waals surface area contributed by atoms with E-state index in [9.17, 15) is 13.6 Å². The number of hydrogen-bond acceptors (Lipinski definition) is 3. The van der Waals surface area contributed by atoms with Gasteiger partial charge in [-0.25, -0.2) is 13.8 Å². The van der Waals surface area contributed by atoms with E-state index in [4.69, 9.17) is 0 Å². The third-order valence-corrected chi connectivity index (χ3v) is 4.33. The molecule has 0 unspecified atom stereocenters. The maximum absolute atomic E-state index is 13.7. The van der Waals surface area contributed by atoms with Crippen LogP contribution in [-0.4, -0.2) is 17.4 Å². The highest BCUT2D eigenvalue weighted by molar-refractivity contribution is 6.03. The second-order valence-corrected chi connectivity index (χ2v) is 5.96. The predicted octanol–water partition coefficient (Wildman–Crippen LogP) is 4.31. The van der Waals surface area contributed by atoms with Crippen molar-refractivity contribution in [2.45, 2.75) is 6.42 Å². The van der Waals surface area contributed by atoms with Gasteiger partial charge in [-0.2, -0.15) is 0 Å². The summed E-state index contributed by atoms with van der Waals surface area (Å²) in [6.45, 7) is 0.763. The Morgan fingerprint density at radius 3 is 2.50 bits per heavy atom. The molecule has 0 saturated carbocycles. The molecule has 2 aromatic carbocycles. The van der Waals surface area contributed by atoms with E-state index in [2.05, 4.69) is 16.4 Å². The molecule has 1 aliphatic rings. The summed E-state index contributed by atoms with van der Waals surface area (Å²) in [7, 11) is 0. The van der Waals surface area contributed by atoms with E-state index in [1.165, 1.54) is 17.7 Å². The Morgan fingerprint density at radius 1 is 0.962 bits per heavy atom. The highest BCUT2D eigenvalue weighted by Gasteiger charge is 2.22. The molecule has 2 heterocycles. The van der Waals surface area contributed by atoms with Crippen molar-refractivity contribution in [1.29, 1.82) is 0 Å². The van der Waals surface area contributed by atoms with Crippen LogP contribution in [0.25, 0.3) is 0 Å². The van der Waals surface area contributed by atoms with Crippen molar-refractivity contribution in [2.24, 2.45) is 0 Å². The summed E-state index contributed by atoms with van der Waals surface area (Å²) in [6.07, 6.45) is 0.898. The van der Waals surface area contributed by atoms with Crippen molar-refractivity contribution in [3.8, 4) is 0 Å². The minimum Gasteiger partial charge on any atom is -0.326 e. The number of anilines is 3. The molecule has 0 fully saturated rings. The minimum atomic E-state index is -0.831. The summed E-state index contributed by atoms with van der Waals surface area (Å²) in [4.78, 5) is 18.8. The Kier molecular flexibility index (Phi) is 4.08. The van der Waals surface area contributed by atoms with Crippen LogP contribution in [0.4, 0.5) is 26.0 Å². The van der Waals surface area contributed by atoms with Gasteiger partial charge in [-0.15, -0.1) is 0 Å². The highest BCUT2D eigenvalue weighted by atomic mass is 19.1.